The first-order valence-electron chi connectivity index (χ1n) is 5.35. The number of aryl methyl sites for hydroxylation is 1. The molecule has 0 amide bonds. The molecule has 3 nitrogen and oxygen atoms in total. The zero-order chi connectivity index (χ0) is 11.6. The fourth-order valence-corrected chi connectivity index (χ4v) is 2.95. The highest BCUT2D eigenvalue weighted by Gasteiger charge is 2.21. The van der Waals surface area contributed by atoms with Gasteiger partial charge in [-0.15, -0.1) is 0 Å². The van der Waals surface area contributed by atoms with Gasteiger partial charge in [-0.25, -0.2) is 8.42 Å². The van der Waals surface area contributed by atoms with E-state index in [0.29, 0.717) is 0 Å². The summed E-state index contributed by atoms with van der Waals surface area (Å²) in [6, 6.07) is 7.97. The largest absolute Gasteiger partial charge is 0.378 e. The van der Waals surface area contributed by atoms with Gasteiger partial charge in [-0.1, -0.05) is 25.1 Å². The van der Waals surface area contributed by atoms with Crippen molar-refractivity contribution in [3.63, 3.8) is 0 Å². The Bertz CT molecular complexity index is 488. The molecular weight excluding hydrogens is 222 g/mol. The molecule has 1 aromatic carbocycles. The van der Waals surface area contributed by atoms with Crippen molar-refractivity contribution in [2.45, 2.75) is 19.4 Å². The van der Waals surface area contributed by atoms with Crippen LogP contribution in [-0.4, -0.2) is 20.2 Å². The molecule has 0 aromatic heterocycles. The van der Waals surface area contributed by atoms with Crippen LogP contribution in [0.1, 0.15) is 12.5 Å². The molecule has 0 unspecified atom stereocenters. The SMILES string of the molecule is CCc1ccc(N[C@@H]2C=CS(=O)(=O)C2)cc1. The Hall–Kier alpha value is -1.29. The maximum atomic E-state index is 11.2. The van der Waals surface area contributed by atoms with Crippen molar-refractivity contribution in [1.82, 2.24) is 0 Å². The number of sulfone groups is 1. The lowest BCUT2D eigenvalue weighted by atomic mass is 10.1. The van der Waals surface area contributed by atoms with Crippen LogP contribution in [0.4, 0.5) is 5.69 Å². The number of nitrogens with one attached hydrogen (secondary N) is 1. The molecule has 0 aliphatic carbocycles. The molecule has 1 heterocycles. The maximum absolute atomic E-state index is 11.2. The topological polar surface area (TPSA) is 46.2 Å². The summed E-state index contributed by atoms with van der Waals surface area (Å²) >= 11 is 0. The molecule has 1 N–H and O–H groups in total. The van der Waals surface area contributed by atoms with Crippen LogP contribution in [0.3, 0.4) is 0 Å². The van der Waals surface area contributed by atoms with E-state index in [1.165, 1.54) is 11.0 Å². The molecule has 0 spiro atoms. The minimum Gasteiger partial charge on any atom is -0.378 e. The Labute approximate surface area is 96.1 Å². The van der Waals surface area contributed by atoms with Gasteiger partial charge in [0.1, 0.15) is 0 Å². The van der Waals surface area contributed by atoms with Crippen LogP contribution in [0.15, 0.2) is 35.7 Å². The van der Waals surface area contributed by atoms with Crippen LogP contribution in [0.5, 0.6) is 0 Å². The average Bonchev–Trinajstić information content (AvgIpc) is 2.59. The molecule has 1 aliphatic heterocycles. The summed E-state index contributed by atoms with van der Waals surface area (Å²) in [7, 11) is -2.97. The second-order valence-electron chi connectivity index (χ2n) is 3.96. The van der Waals surface area contributed by atoms with Crippen molar-refractivity contribution in [2.75, 3.05) is 11.1 Å². The Morgan fingerprint density at radius 2 is 2.00 bits per heavy atom. The summed E-state index contributed by atoms with van der Waals surface area (Å²) in [5.41, 5.74) is 2.24. The molecule has 0 saturated carbocycles. The Balaban J connectivity index is 2.03. The third-order valence-corrected chi connectivity index (χ3v) is 4.04. The molecule has 86 valence electrons. The normalized spacial score (nSPS) is 22.2. The van der Waals surface area contributed by atoms with E-state index in [9.17, 15) is 8.42 Å². The molecule has 16 heavy (non-hydrogen) atoms. The lowest BCUT2D eigenvalue weighted by molar-refractivity contribution is 0.605. The van der Waals surface area contributed by atoms with Gasteiger partial charge in [-0.2, -0.15) is 0 Å². The molecule has 0 fully saturated rings. The summed E-state index contributed by atoms with van der Waals surface area (Å²) in [4.78, 5) is 0. The van der Waals surface area contributed by atoms with Crippen LogP contribution in [0, 0.1) is 0 Å². The Morgan fingerprint density at radius 3 is 2.50 bits per heavy atom. The van der Waals surface area contributed by atoms with Crippen molar-refractivity contribution in [3.05, 3.63) is 41.3 Å². The van der Waals surface area contributed by atoms with E-state index in [2.05, 4.69) is 24.4 Å². The highest BCUT2D eigenvalue weighted by Crippen LogP contribution is 2.16. The van der Waals surface area contributed by atoms with Gasteiger partial charge in [0.05, 0.1) is 11.8 Å². The Morgan fingerprint density at radius 1 is 1.31 bits per heavy atom. The Kier molecular flexibility index (Phi) is 3.01. The number of hydrogen-bond donors (Lipinski definition) is 1. The highest BCUT2D eigenvalue weighted by molar-refractivity contribution is 7.94. The number of rotatable bonds is 3. The molecule has 4 heteroatoms. The second kappa shape index (κ2) is 4.29. The molecule has 0 radical (unpaired) electrons. The summed E-state index contributed by atoms with van der Waals surface area (Å²) in [6.07, 6.45) is 2.71. The molecule has 1 aromatic rings. The van der Waals surface area contributed by atoms with Gasteiger partial charge in [0, 0.05) is 11.1 Å². The van der Waals surface area contributed by atoms with E-state index in [0.717, 1.165) is 12.1 Å². The predicted octanol–water partition coefficient (Wildman–Crippen LogP) is 1.97. The minimum absolute atomic E-state index is 0.0996. The van der Waals surface area contributed by atoms with Crippen molar-refractivity contribution < 1.29 is 8.42 Å². The smallest absolute Gasteiger partial charge is 0.173 e. The number of benzene rings is 1. The van der Waals surface area contributed by atoms with Crippen molar-refractivity contribution in [3.8, 4) is 0 Å². The van der Waals surface area contributed by atoms with E-state index in [-0.39, 0.29) is 11.8 Å². The van der Waals surface area contributed by atoms with Crippen molar-refractivity contribution >= 4 is 15.5 Å². The fourth-order valence-electron chi connectivity index (χ4n) is 1.72. The predicted molar refractivity (Wildman–Crippen MR) is 66.2 cm³/mol. The first-order chi connectivity index (χ1) is 7.59. The third-order valence-electron chi connectivity index (χ3n) is 2.64. The maximum Gasteiger partial charge on any atom is 0.173 e. The van der Waals surface area contributed by atoms with Crippen LogP contribution in [0.25, 0.3) is 0 Å². The van der Waals surface area contributed by atoms with E-state index >= 15 is 0 Å². The first kappa shape index (κ1) is 11.2. The van der Waals surface area contributed by atoms with Gasteiger partial charge in [0.2, 0.25) is 0 Å². The van der Waals surface area contributed by atoms with E-state index in [1.807, 2.05) is 12.1 Å². The summed E-state index contributed by atoms with van der Waals surface area (Å²) in [6.45, 7) is 2.11. The van der Waals surface area contributed by atoms with Crippen molar-refractivity contribution in [2.24, 2.45) is 0 Å². The van der Waals surface area contributed by atoms with Crippen LogP contribution < -0.4 is 5.32 Å². The van der Waals surface area contributed by atoms with E-state index < -0.39 is 9.84 Å². The lowest BCUT2D eigenvalue weighted by Gasteiger charge is -2.11. The standard InChI is InChI=1S/C12H15NO2S/c1-2-10-3-5-11(6-4-10)13-12-7-8-16(14,15)9-12/h3-8,12-13H,2,9H2,1H3/t12-/m1/s1. The zero-order valence-electron chi connectivity index (χ0n) is 9.18. The molecular formula is C12H15NO2S. The van der Waals surface area contributed by atoms with Gasteiger partial charge >= 0.3 is 0 Å². The van der Waals surface area contributed by atoms with Gasteiger partial charge in [-0.3, -0.25) is 0 Å². The quantitative estimate of drug-likeness (QED) is 0.874. The van der Waals surface area contributed by atoms with Gasteiger partial charge in [0.15, 0.2) is 9.84 Å². The molecule has 0 saturated heterocycles. The number of hydrogen-bond acceptors (Lipinski definition) is 3. The van der Waals surface area contributed by atoms with Gasteiger partial charge in [0.25, 0.3) is 0 Å². The third kappa shape index (κ3) is 2.64. The average molecular weight is 237 g/mol. The number of anilines is 1. The van der Waals surface area contributed by atoms with E-state index in [4.69, 9.17) is 0 Å². The molecule has 1 atom stereocenters. The van der Waals surface area contributed by atoms with Crippen molar-refractivity contribution in [1.29, 1.82) is 0 Å². The molecule has 1 aliphatic rings. The monoisotopic (exact) mass is 237 g/mol. The molecule has 2 rings (SSSR count). The highest BCUT2D eigenvalue weighted by atomic mass is 32.2. The van der Waals surface area contributed by atoms with Crippen LogP contribution in [-0.2, 0) is 16.3 Å². The van der Waals surface area contributed by atoms with Crippen LogP contribution >= 0.6 is 0 Å². The van der Waals surface area contributed by atoms with Crippen LogP contribution in [0.2, 0.25) is 0 Å². The summed E-state index contributed by atoms with van der Waals surface area (Å²) < 4.78 is 22.4. The van der Waals surface area contributed by atoms with Gasteiger partial charge < -0.3 is 5.32 Å². The zero-order valence-corrected chi connectivity index (χ0v) is 10.00. The second-order valence-corrected chi connectivity index (χ2v) is 5.89. The van der Waals surface area contributed by atoms with E-state index in [1.54, 1.807) is 6.08 Å². The van der Waals surface area contributed by atoms with Gasteiger partial charge in [-0.05, 0) is 24.1 Å². The summed E-state index contributed by atoms with van der Waals surface area (Å²) in [5, 5.41) is 4.46. The lowest BCUT2D eigenvalue weighted by Crippen LogP contribution is -2.20. The minimum atomic E-state index is -2.97. The first-order valence-corrected chi connectivity index (χ1v) is 7.07. The fraction of sp³-hybridized carbons (Fsp3) is 0.333. The summed E-state index contributed by atoms with van der Waals surface area (Å²) in [5.74, 6) is 0.155. The molecule has 0 bridgehead atoms.